The molecule has 150 valence electrons. The number of aromatic nitrogens is 2. The van der Waals surface area contributed by atoms with Crippen LogP contribution < -0.4 is 10.1 Å². The van der Waals surface area contributed by atoms with E-state index < -0.39 is 10.2 Å². The summed E-state index contributed by atoms with van der Waals surface area (Å²) in [5.74, 6) is 0.00303. The maximum Gasteiger partial charge on any atom is 0.271 e. The van der Waals surface area contributed by atoms with E-state index in [9.17, 15) is 14.9 Å². The van der Waals surface area contributed by atoms with Crippen molar-refractivity contribution in [2.45, 2.75) is 17.3 Å². The zero-order chi connectivity index (χ0) is 21.0. The second kappa shape index (κ2) is 8.97. The number of nitro groups is 1. The van der Waals surface area contributed by atoms with Gasteiger partial charge in [0.1, 0.15) is 5.75 Å². The van der Waals surface area contributed by atoms with E-state index in [0.29, 0.717) is 15.9 Å². The molecule has 1 amide bonds. The van der Waals surface area contributed by atoms with Crippen LogP contribution in [-0.4, -0.2) is 32.7 Å². The minimum absolute atomic E-state index is 0.139. The number of halogens is 1. The molecule has 0 aliphatic rings. The van der Waals surface area contributed by atoms with Gasteiger partial charge in [0, 0.05) is 35.2 Å². The summed E-state index contributed by atoms with van der Waals surface area (Å²) in [5.41, 5.74) is 0.960. The number of anilines is 1. The molecule has 0 fully saturated rings. The number of nitrogens with zero attached hydrogens (tertiary/aromatic N) is 3. The van der Waals surface area contributed by atoms with Crippen LogP contribution in [0.15, 0.2) is 60.0 Å². The Labute approximate surface area is 176 Å². The van der Waals surface area contributed by atoms with E-state index in [1.165, 1.54) is 37.1 Å². The first-order chi connectivity index (χ1) is 13.9. The lowest BCUT2D eigenvalue weighted by atomic mass is 10.2. The summed E-state index contributed by atoms with van der Waals surface area (Å²) in [6, 6.07) is 11.3. The lowest BCUT2D eigenvalue weighted by Crippen LogP contribution is -2.23. The van der Waals surface area contributed by atoms with Crippen molar-refractivity contribution >= 4 is 40.6 Å². The van der Waals surface area contributed by atoms with Crippen LogP contribution in [0.25, 0.3) is 5.69 Å². The molecule has 1 aromatic heterocycles. The molecule has 0 saturated heterocycles. The van der Waals surface area contributed by atoms with Crippen LogP contribution in [0.4, 0.5) is 11.4 Å². The molecular formula is C19H17ClN4O4S. The Morgan fingerprint density at radius 3 is 2.69 bits per heavy atom. The number of ether oxygens (including phenoxy) is 1. The second-order valence-electron chi connectivity index (χ2n) is 5.95. The Hall–Kier alpha value is -3.04. The number of rotatable bonds is 7. The lowest BCUT2D eigenvalue weighted by molar-refractivity contribution is -0.384. The van der Waals surface area contributed by atoms with Gasteiger partial charge in [0.05, 0.1) is 23.0 Å². The van der Waals surface area contributed by atoms with Crippen LogP contribution in [0.3, 0.4) is 0 Å². The van der Waals surface area contributed by atoms with Gasteiger partial charge in [0.2, 0.25) is 5.91 Å². The molecular weight excluding hydrogens is 416 g/mol. The van der Waals surface area contributed by atoms with Crippen molar-refractivity contribution in [3.63, 3.8) is 0 Å². The number of non-ortho nitro benzene ring substituents is 1. The van der Waals surface area contributed by atoms with Gasteiger partial charge in [-0.15, -0.1) is 0 Å². The fourth-order valence-corrected chi connectivity index (χ4v) is 3.54. The normalized spacial score (nSPS) is 11.7. The smallest absolute Gasteiger partial charge is 0.271 e. The van der Waals surface area contributed by atoms with Crippen molar-refractivity contribution in [1.29, 1.82) is 0 Å². The lowest BCUT2D eigenvalue weighted by Gasteiger charge is -2.15. The molecule has 3 aromatic rings. The number of amides is 1. The minimum Gasteiger partial charge on any atom is -0.495 e. The Morgan fingerprint density at radius 2 is 2.03 bits per heavy atom. The largest absolute Gasteiger partial charge is 0.495 e. The molecule has 0 radical (unpaired) electrons. The van der Waals surface area contributed by atoms with Gasteiger partial charge in [0.25, 0.3) is 5.69 Å². The van der Waals surface area contributed by atoms with Crippen LogP contribution in [0, 0.1) is 10.1 Å². The highest BCUT2D eigenvalue weighted by Crippen LogP contribution is 2.31. The summed E-state index contributed by atoms with van der Waals surface area (Å²) in [6.07, 6.45) is 3.44. The molecule has 0 aliphatic heterocycles. The molecule has 2 aromatic carbocycles. The number of benzene rings is 2. The Bertz CT molecular complexity index is 1040. The van der Waals surface area contributed by atoms with Gasteiger partial charge >= 0.3 is 0 Å². The molecule has 1 atom stereocenters. The van der Waals surface area contributed by atoms with Gasteiger partial charge in [-0.2, -0.15) is 0 Å². The topological polar surface area (TPSA) is 99.3 Å². The molecule has 0 aliphatic carbocycles. The molecule has 0 saturated carbocycles. The first-order valence-electron chi connectivity index (χ1n) is 8.48. The number of hydrogen-bond donors (Lipinski definition) is 1. The van der Waals surface area contributed by atoms with Crippen LogP contribution >= 0.6 is 23.4 Å². The molecule has 10 heteroatoms. The number of nitro benzene ring substituents is 1. The summed E-state index contributed by atoms with van der Waals surface area (Å²) >= 11 is 7.20. The first kappa shape index (κ1) is 20.7. The molecule has 1 unspecified atom stereocenters. The third-order valence-electron chi connectivity index (χ3n) is 4.01. The predicted molar refractivity (Wildman–Crippen MR) is 112 cm³/mol. The molecule has 3 rings (SSSR count). The van der Waals surface area contributed by atoms with Gasteiger partial charge in [-0.05, 0) is 37.3 Å². The van der Waals surface area contributed by atoms with Crippen molar-refractivity contribution in [3.05, 3.63) is 70.0 Å². The number of thioether (sulfide) groups is 1. The molecule has 1 heterocycles. The van der Waals surface area contributed by atoms with Gasteiger partial charge in [0.15, 0.2) is 5.16 Å². The fourth-order valence-electron chi connectivity index (χ4n) is 2.53. The van der Waals surface area contributed by atoms with Gasteiger partial charge < -0.3 is 10.1 Å². The summed E-state index contributed by atoms with van der Waals surface area (Å²) in [6.45, 7) is 1.73. The molecule has 8 nitrogen and oxygen atoms in total. The van der Waals surface area contributed by atoms with Gasteiger partial charge in [-0.1, -0.05) is 23.4 Å². The highest BCUT2D eigenvalue weighted by molar-refractivity contribution is 8.00. The molecule has 1 N–H and O–H groups in total. The molecule has 0 bridgehead atoms. The van der Waals surface area contributed by atoms with Crippen molar-refractivity contribution in [2.75, 3.05) is 12.4 Å². The Balaban J connectivity index is 1.76. The van der Waals surface area contributed by atoms with E-state index in [0.717, 1.165) is 5.69 Å². The van der Waals surface area contributed by atoms with E-state index in [4.69, 9.17) is 16.3 Å². The van der Waals surface area contributed by atoms with Crippen molar-refractivity contribution in [3.8, 4) is 11.4 Å². The van der Waals surface area contributed by atoms with Crippen molar-refractivity contribution < 1.29 is 14.5 Å². The zero-order valence-electron chi connectivity index (χ0n) is 15.5. The SMILES string of the molecule is COc1ccc([N+](=O)[O-])cc1NC(=O)C(C)Sc1nccn1-c1ccc(Cl)cc1. The standard InChI is InChI=1S/C19H17ClN4O4S/c1-12(18(25)22-16-11-15(24(26)27)7-8-17(16)28-2)29-19-21-9-10-23(19)14-5-3-13(20)4-6-14/h3-12H,1-2H3,(H,22,25). The van der Waals surface area contributed by atoms with Gasteiger partial charge in [-0.3, -0.25) is 19.5 Å². The Kier molecular flexibility index (Phi) is 6.40. The Morgan fingerprint density at radius 1 is 1.31 bits per heavy atom. The monoisotopic (exact) mass is 432 g/mol. The predicted octanol–water partition coefficient (Wildman–Crippen LogP) is 4.56. The summed E-state index contributed by atoms with van der Waals surface area (Å²) in [7, 11) is 1.43. The number of nitrogens with one attached hydrogen (secondary N) is 1. The highest BCUT2D eigenvalue weighted by Gasteiger charge is 2.20. The summed E-state index contributed by atoms with van der Waals surface area (Å²) in [4.78, 5) is 27.5. The van der Waals surface area contributed by atoms with Crippen LogP contribution in [0.1, 0.15) is 6.92 Å². The van der Waals surface area contributed by atoms with Crippen LogP contribution in [0.2, 0.25) is 5.02 Å². The number of hydrogen-bond acceptors (Lipinski definition) is 6. The van der Waals surface area contributed by atoms with E-state index in [-0.39, 0.29) is 17.3 Å². The average Bonchev–Trinajstić information content (AvgIpc) is 3.16. The van der Waals surface area contributed by atoms with Crippen LogP contribution in [-0.2, 0) is 4.79 Å². The first-order valence-corrected chi connectivity index (χ1v) is 9.74. The summed E-state index contributed by atoms with van der Waals surface area (Å²) < 4.78 is 7.03. The zero-order valence-corrected chi connectivity index (χ0v) is 17.1. The van der Waals surface area contributed by atoms with E-state index >= 15 is 0 Å². The second-order valence-corrected chi connectivity index (χ2v) is 7.69. The maximum atomic E-state index is 12.7. The maximum absolute atomic E-state index is 12.7. The number of carbonyl (C=O) groups excluding carboxylic acids is 1. The highest BCUT2D eigenvalue weighted by atomic mass is 35.5. The molecule has 0 spiro atoms. The van der Waals surface area contributed by atoms with Gasteiger partial charge in [-0.25, -0.2) is 4.98 Å². The van der Waals surface area contributed by atoms with Crippen molar-refractivity contribution in [2.24, 2.45) is 0 Å². The fraction of sp³-hybridized carbons (Fsp3) is 0.158. The minimum atomic E-state index is -0.532. The third kappa shape index (κ3) is 4.87. The van der Waals surface area contributed by atoms with E-state index in [1.54, 1.807) is 31.5 Å². The third-order valence-corrected chi connectivity index (χ3v) is 5.35. The number of imidazole rings is 1. The van der Waals surface area contributed by atoms with Crippen molar-refractivity contribution in [1.82, 2.24) is 9.55 Å². The number of methoxy groups -OCH3 is 1. The number of carbonyl (C=O) groups is 1. The summed E-state index contributed by atoms with van der Waals surface area (Å²) in [5, 5.41) is 14.4. The average molecular weight is 433 g/mol. The molecule has 29 heavy (non-hydrogen) atoms. The van der Waals surface area contributed by atoms with Crippen LogP contribution in [0.5, 0.6) is 5.75 Å². The van der Waals surface area contributed by atoms with E-state index in [2.05, 4.69) is 10.3 Å². The quantitative estimate of drug-likeness (QED) is 0.333. The van der Waals surface area contributed by atoms with E-state index in [1.807, 2.05) is 16.7 Å².